The van der Waals surface area contributed by atoms with E-state index in [1.165, 1.54) is 0 Å². The summed E-state index contributed by atoms with van der Waals surface area (Å²) in [6.45, 7) is 1.87. The van der Waals surface area contributed by atoms with Gasteiger partial charge in [0.15, 0.2) is 0 Å². The van der Waals surface area contributed by atoms with Crippen LogP contribution < -0.4 is 10.1 Å². The number of carbonyl (C=O) groups excluding carboxylic acids is 1. The van der Waals surface area contributed by atoms with Gasteiger partial charge in [-0.05, 0) is 48.4 Å². The van der Waals surface area contributed by atoms with Crippen LogP contribution in [0.3, 0.4) is 0 Å². The number of hydrogen-bond acceptors (Lipinski definition) is 3. The van der Waals surface area contributed by atoms with Crippen LogP contribution in [-0.2, 0) is 17.4 Å². The molecule has 1 heterocycles. The molecule has 30 heavy (non-hydrogen) atoms. The molecule has 0 aliphatic carbocycles. The van der Waals surface area contributed by atoms with E-state index in [-0.39, 0.29) is 23.2 Å². The van der Waals surface area contributed by atoms with Crippen molar-refractivity contribution in [2.75, 3.05) is 5.32 Å². The van der Waals surface area contributed by atoms with E-state index in [0.717, 1.165) is 11.6 Å². The Labute approximate surface area is 180 Å². The number of aromatic nitrogens is 1. The molecule has 0 unspecified atom stereocenters. The number of aryl methyl sites for hydroxylation is 1. The van der Waals surface area contributed by atoms with Gasteiger partial charge in [-0.3, -0.25) is 4.79 Å². The van der Waals surface area contributed by atoms with Crippen molar-refractivity contribution < 1.29 is 22.7 Å². The van der Waals surface area contributed by atoms with E-state index in [0.29, 0.717) is 28.2 Å². The van der Waals surface area contributed by atoms with Gasteiger partial charge >= 0.3 is 6.18 Å². The van der Waals surface area contributed by atoms with E-state index in [1.807, 2.05) is 13.0 Å². The summed E-state index contributed by atoms with van der Waals surface area (Å²) < 4.78 is 43.4. The number of nitrogens with one attached hydrogen (secondary N) is 1. The first kappa shape index (κ1) is 21.9. The largest absolute Gasteiger partial charge is 0.438 e. The number of ether oxygens (including phenoxy) is 1. The van der Waals surface area contributed by atoms with Crippen molar-refractivity contribution in [3.8, 4) is 11.6 Å². The van der Waals surface area contributed by atoms with Gasteiger partial charge in [0.05, 0.1) is 12.0 Å². The summed E-state index contributed by atoms with van der Waals surface area (Å²) in [4.78, 5) is 15.8. The fourth-order valence-corrected chi connectivity index (χ4v) is 2.89. The van der Waals surface area contributed by atoms with Gasteiger partial charge < -0.3 is 10.1 Å². The second kappa shape index (κ2) is 8.93. The van der Waals surface area contributed by atoms with Gasteiger partial charge in [0.25, 0.3) is 0 Å². The number of amides is 1. The average molecular weight is 455 g/mol. The van der Waals surface area contributed by atoms with E-state index in [2.05, 4.69) is 10.3 Å². The Hall–Kier alpha value is -2.77. The molecule has 0 aliphatic rings. The lowest BCUT2D eigenvalue weighted by molar-refractivity contribution is -0.137. The minimum absolute atomic E-state index is 0.116. The van der Waals surface area contributed by atoms with Crippen molar-refractivity contribution in [3.63, 3.8) is 0 Å². The van der Waals surface area contributed by atoms with E-state index in [4.69, 9.17) is 27.9 Å². The zero-order valence-electron chi connectivity index (χ0n) is 15.6. The number of benzene rings is 2. The van der Waals surface area contributed by atoms with Crippen LogP contribution in [0.2, 0.25) is 10.0 Å². The molecule has 156 valence electrons. The van der Waals surface area contributed by atoms with E-state index >= 15 is 0 Å². The molecule has 0 spiro atoms. The summed E-state index contributed by atoms with van der Waals surface area (Å²) in [7, 11) is 0. The molecular formula is C21H15Cl2F3N2O2. The Balaban J connectivity index is 1.62. The molecule has 3 aromatic rings. The van der Waals surface area contributed by atoms with Crippen molar-refractivity contribution in [2.45, 2.75) is 19.5 Å². The summed E-state index contributed by atoms with van der Waals surface area (Å²) in [6.07, 6.45) is -3.77. The number of rotatable bonds is 5. The minimum Gasteiger partial charge on any atom is -0.438 e. The molecule has 4 nitrogen and oxygen atoms in total. The molecule has 1 N–H and O–H groups in total. The van der Waals surface area contributed by atoms with Crippen LogP contribution in [0.5, 0.6) is 11.6 Å². The quantitative estimate of drug-likeness (QED) is 0.467. The van der Waals surface area contributed by atoms with E-state index < -0.39 is 11.7 Å². The van der Waals surface area contributed by atoms with Gasteiger partial charge in [0.1, 0.15) is 10.8 Å². The number of alkyl halides is 3. The zero-order chi connectivity index (χ0) is 21.9. The lowest BCUT2D eigenvalue weighted by Gasteiger charge is -2.10. The fourth-order valence-electron chi connectivity index (χ4n) is 2.50. The number of anilines is 1. The van der Waals surface area contributed by atoms with E-state index in [9.17, 15) is 18.0 Å². The molecule has 0 bridgehead atoms. The molecule has 0 saturated heterocycles. The van der Waals surface area contributed by atoms with Crippen molar-refractivity contribution >= 4 is 34.8 Å². The van der Waals surface area contributed by atoms with Crippen LogP contribution in [0.25, 0.3) is 0 Å². The number of hydrogen-bond donors (Lipinski definition) is 1. The minimum atomic E-state index is -4.54. The van der Waals surface area contributed by atoms with Crippen LogP contribution in [0.15, 0.2) is 54.7 Å². The maximum Gasteiger partial charge on any atom is 0.417 e. The van der Waals surface area contributed by atoms with Crippen molar-refractivity contribution in [1.82, 2.24) is 4.98 Å². The maximum atomic E-state index is 12.7. The second-order valence-corrected chi connectivity index (χ2v) is 7.26. The Kier molecular flexibility index (Phi) is 6.53. The van der Waals surface area contributed by atoms with Gasteiger partial charge in [-0.1, -0.05) is 41.4 Å². The highest BCUT2D eigenvalue weighted by atomic mass is 35.5. The maximum absolute atomic E-state index is 12.7. The molecule has 0 aliphatic heterocycles. The lowest BCUT2D eigenvalue weighted by atomic mass is 10.1. The SMILES string of the molecule is Cc1ccc(NC(=O)Cc2ccc(Oc3ncc(C(F)(F)F)cc3Cl)cc2)cc1Cl. The molecule has 0 saturated carbocycles. The number of carbonyl (C=O) groups is 1. The third-order valence-electron chi connectivity index (χ3n) is 4.09. The Morgan fingerprint density at radius 2 is 1.77 bits per heavy atom. The highest BCUT2D eigenvalue weighted by molar-refractivity contribution is 6.32. The molecule has 2 aromatic carbocycles. The lowest BCUT2D eigenvalue weighted by Crippen LogP contribution is -2.14. The van der Waals surface area contributed by atoms with Gasteiger partial charge in [-0.15, -0.1) is 0 Å². The molecule has 0 radical (unpaired) electrons. The summed E-state index contributed by atoms with van der Waals surface area (Å²) in [5, 5.41) is 3.06. The monoisotopic (exact) mass is 454 g/mol. The first-order valence-corrected chi connectivity index (χ1v) is 9.43. The van der Waals surface area contributed by atoms with E-state index in [1.54, 1.807) is 36.4 Å². The number of nitrogens with zero attached hydrogens (tertiary/aromatic N) is 1. The van der Waals surface area contributed by atoms with Crippen molar-refractivity contribution in [2.24, 2.45) is 0 Å². The van der Waals surface area contributed by atoms with Crippen LogP contribution in [0, 0.1) is 6.92 Å². The highest BCUT2D eigenvalue weighted by Gasteiger charge is 2.31. The van der Waals surface area contributed by atoms with Crippen molar-refractivity contribution in [1.29, 1.82) is 0 Å². The van der Waals surface area contributed by atoms with Crippen LogP contribution in [0.4, 0.5) is 18.9 Å². The van der Waals surface area contributed by atoms with Gasteiger partial charge in [-0.25, -0.2) is 4.98 Å². The van der Waals surface area contributed by atoms with Gasteiger partial charge in [-0.2, -0.15) is 13.2 Å². The first-order valence-electron chi connectivity index (χ1n) is 8.67. The van der Waals surface area contributed by atoms with Gasteiger partial charge in [0.2, 0.25) is 11.8 Å². The second-order valence-electron chi connectivity index (χ2n) is 6.44. The summed E-state index contributed by atoms with van der Waals surface area (Å²) in [5.41, 5.74) is 1.26. The molecule has 0 atom stereocenters. The topological polar surface area (TPSA) is 51.2 Å². The molecule has 3 rings (SSSR count). The predicted octanol–water partition coefficient (Wildman–Crippen LogP) is 6.69. The highest BCUT2D eigenvalue weighted by Crippen LogP contribution is 2.34. The summed E-state index contributed by atoms with van der Waals surface area (Å²) >= 11 is 11.9. The molecular weight excluding hydrogens is 440 g/mol. The third-order valence-corrected chi connectivity index (χ3v) is 4.77. The average Bonchev–Trinajstić information content (AvgIpc) is 2.67. The fraction of sp³-hybridized carbons (Fsp3) is 0.143. The summed E-state index contributed by atoms with van der Waals surface area (Å²) in [5.74, 6) is -0.0546. The normalized spacial score (nSPS) is 11.3. The third kappa shape index (κ3) is 5.64. The molecule has 1 amide bonds. The predicted molar refractivity (Wildman–Crippen MR) is 109 cm³/mol. The Morgan fingerprint density at radius 1 is 1.07 bits per heavy atom. The standard InChI is InChI=1S/C21H15Cl2F3N2O2/c1-12-2-5-15(10-17(12)22)28-19(29)8-13-3-6-16(7-4-13)30-20-18(23)9-14(11-27-20)21(24,25)26/h2-7,9-11H,8H2,1H3,(H,28,29). The number of halogens is 5. The van der Waals surface area contributed by atoms with Crippen LogP contribution >= 0.6 is 23.2 Å². The molecule has 9 heteroatoms. The smallest absolute Gasteiger partial charge is 0.417 e. The number of pyridine rings is 1. The molecule has 0 fully saturated rings. The Bertz CT molecular complexity index is 1070. The molecule has 1 aromatic heterocycles. The van der Waals surface area contributed by atoms with Crippen molar-refractivity contribution in [3.05, 3.63) is 81.5 Å². The summed E-state index contributed by atoms with van der Waals surface area (Å²) in [6, 6.07) is 12.5. The van der Waals surface area contributed by atoms with Gasteiger partial charge in [0, 0.05) is 16.9 Å². The zero-order valence-corrected chi connectivity index (χ0v) is 17.1. The van der Waals surface area contributed by atoms with Crippen LogP contribution in [-0.4, -0.2) is 10.9 Å². The first-order chi connectivity index (χ1) is 14.1. The van der Waals surface area contributed by atoms with Crippen LogP contribution in [0.1, 0.15) is 16.7 Å². The Morgan fingerprint density at radius 3 is 2.37 bits per heavy atom.